The van der Waals surface area contributed by atoms with E-state index >= 15 is 0 Å². The Balaban J connectivity index is 2.18. The van der Waals surface area contributed by atoms with Crippen LogP contribution in [-0.4, -0.2) is 10.9 Å². The summed E-state index contributed by atoms with van der Waals surface area (Å²) in [7, 11) is 0. The number of hydrogen-bond acceptors (Lipinski definition) is 2. The van der Waals surface area contributed by atoms with Crippen LogP contribution in [0.2, 0.25) is 0 Å². The molecule has 0 atom stereocenters. The van der Waals surface area contributed by atoms with Crippen molar-refractivity contribution in [3.05, 3.63) is 48.8 Å². The number of carbonyl (C=O) groups is 1. The molecule has 2 rings (SSSR count). The van der Waals surface area contributed by atoms with E-state index in [2.05, 4.69) is 10.3 Å². The maximum atomic E-state index is 11.5. The minimum Gasteiger partial charge on any atom is -0.326 e. The molecular formula is C15H16N2O. The van der Waals surface area contributed by atoms with Crippen LogP contribution in [0.5, 0.6) is 0 Å². The molecule has 0 fully saturated rings. The van der Waals surface area contributed by atoms with Gasteiger partial charge in [0.25, 0.3) is 0 Å². The first-order chi connectivity index (χ1) is 8.79. The molecule has 1 N–H and O–H groups in total. The average Bonchev–Trinajstić information content (AvgIpc) is 2.40. The van der Waals surface area contributed by atoms with Gasteiger partial charge in [0.05, 0.1) is 0 Å². The minimum atomic E-state index is 0.0596. The van der Waals surface area contributed by atoms with Gasteiger partial charge in [0.2, 0.25) is 5.91 Å². The third kappa shape index (κ3) is 3.17. The van der Waals surface area contributed by atoms with Crippen LogP contribution in [0.1, 0.15) is 19.8 Å². The van der Waals surface area contributed by atoms with Gasteiger partial charge >= 0.3 is 0 Å². The lowest BCUT2D eigenvalue weighted by molar-refractivity contribution is -0.116. The molecule has 0 spiro atoms. The monoisotopic (exact) mass is 240 g/mol. The van der Waals surface area contributed by atoms with Gasteiger partial charge in [0, 0.05) is 24.5 Å². The molecule has 1 aromatic carbocycles. The molecule has 2 aromatic rings. The van der Waals surface area contributed by atoms with Crippen LogP contribution in [0.3, 0.4) is 0 Å². The fourth-order valence-electron chi connectivity index (χ4n) is 1.77. The van der Waals surface area contributed by atoms with E-state index in [0.29, 0.717) is 6.42 Å². The Morgan fingerprint density at radius 2 is 1.94 bits per heavy atom. The Hall–Kier alpha value is -2.16. The van der Waals surface area contributed by atoms with E-state index in [-0.39, 0.29) is 5.91 Å². The van der Waals surface area contributed by atoms with Crippen LogP contribution in [0, 0.1) is 0 Å². The second-order valence-electron chi connectivity index (χ2n) is 4.11. The molecule has 1 aromatic heterocycles. The number of carbonyl (C=O) groups excluding carboxylic acids is 1. The fourth-order valence-corrected chi connectivity index (χ4v) is 1.77. The number of pyridine rings is 1. The first-order valence-electron chi connectivity index (χ1n) is 6.10. The third-order valence-electron chi connectivity index (χ3n) is 2.64. The molecular weight excluding hydrogens is 224 g/mol. The predicted octanol–water partition coefficient (Wildman–Crippen LogP) is 3.49. The van der Waals surface area contributed by atoms with Gasteiger partial charge in [-0.05, 0) is 41.8 Å². The van der Waals surface area contributed by atoms with E-state index in [1.54, 1.807) is 12.4 Å². The number of hydrogen-bond donors (Lipinski definition) is 1. The maximum Gasteiger partial charge on any atom is 0.224 e. The fraction of sp³-hybridized carbons (Fsp3) is 0.200. The Morgan fingerprint density at radius 3 is 2.67 bits per heavy atom. The molecule has 0 aliphatic heterocycles. The average molecular weight is 240 g/mol. The molecule has 1 heterocycles. The summed E-state index contributed by atoms with van der Waals surface area (Å²) in [5, 5.41) is 2.90. The van der Waals surface area contributed by atoms with Crippen molar-refractivity contribution >= 4 is 11.6 Å². The number of aromatic nitrogens is 1. The summed E-state index contributed by atoms with van der Waals surface area (Å²) in [5.41, 5.74) is 3.01. The van der Waals surface area contributed by atoms with Crippen molar-refractivity contribution in [1.29, 1.82) is 0 Å². The normalized spacial score (nSPS) is 10.1. The molecule has 0 unspecified atom stereocenters. The van der Waals surface area contributed by atoms with Crippen molar-refractivity contribution in [2.75, 3.05) is 5.32 Å². The van der Waals surface area contributed by atoms with Gasteiger partial charge in [-0.15, -0.1) is 0 Å². The van der Waals surface area contributed by atoms with Crippen LogP contribution in [-0.2, 0) is 4.79 Å². The summed E-state index contributed by atoms with van der Waals surface area (Å²) in [6, 6.07) is 11.7. The van der Waals surface area contributed by atoms with Gasteiger partial charge in [-0.25, -0.2) is 0 Å². The molecule has 0 saturated carbocycles. The number of anilines is 1. The zero-order chi connectivity index (χ0) is 12.8. The molecule has 0 aliphatic carbocycles. The van der Waals surface area contributed by atoms with Gasteiger partial charge in [-0.3, -0.25) is 9.78 Å². The molecule has 92 valence electrons. The standard InChI is InChI=1S/C15H16N2O/c1-2-4-15(18)17-14-6-3-5-13(11-14)12-7-9-16-10-8-12/h3,5-11H,2,4H2,1H3,(H,17,18). The predicted molar refractivity (Wildman–Crippen MR) is 73.2 cm³/mol. The highest BCUT2D eigenvalue weighted by atomic mass is 16.1. The van der Waals surface area contributed by atoms with Gasteiger partial charge < -0.3 is 5.32 Å². The maximum absolute atomic E-state index is 11.5. The van der Waals surface area contributed by atoms with E-state index in [4.69, 9.17) is 0 Å². The van der Waals surface area contributed by atoms with Crippen molar-refractivity contribution < 1.29 is 4.79 Å². The lowest BCUT2D eigenvalue weighted by atomic mass is 10.1. The van der Waals surface area contributed by atoms with Gasteiger partial charge in [0.1, 0.15) is 0 Å². The smallest absolute Gasteiger partial charge is 0.224 e. The summed E-state index contributed by atoms with van der Waals surface area (Å²) >= 11 is 0. The van der Waals surface area contributed by atoms with Crippen LogP contribution in [0.4, 0.5) is 5.69 Å². The van der Waals surface area contributed by atoms with Crippen LogP contribution < -0.4 is 5.32 Å². The van der Waals surface area contributed by atoms with Crippen molar-refractivity contribution in [1.82, 2.24) is 4.98 Å². The van der Waals surface area contributed by atoms with Crippen molar-refractivity contribution in [3.8, 4) is 11.1 Å². The summed E-state index contributed by atoms with van der Waals surface area (Å²) < 4.78 is 0. The largest absolute Gasteiger partial charge is 0.326 e. The Labute approximate surface area is 107 Å². The number of rotatable bonds is 4. The minimum absolute atomic E-state index is 0.0596. The number of nitrogens with zero attached hydrogens (tertiary/aromatic N) is 1. The van der Waals surface area contributed by atoms with Crippen molar-refractivity contribution in [2.45, 2.75) is 19.8 Å². The van der Waals surface area contributed by atoms with E-state index in [9.17, 15) is 4.79 Å². The summed E-state index contributed by atoms with van der Waals surface area (Å²) in [6.45, 7) is 1.99. The SMILES string of the molecule is CCCC(=O)Nc1cccc(-c2ccncc2)c1. The van der Waals surface area contributed by atoms with Crippen LogP contribution in [0.15, 0.2) is 48.8 Å². The summed E-state index contributed by atoms with van der Waals surface area (Å²) in [4.78, 5) is 15.5. The zero-order valence-corrected chi connectivity index (χ0v) is 10.4. The molecule has 0 bridgehead atoms. The first-order valence-corrected chi connectivity index (χ1v) is 6.10. The topological polar surface area (TPSA) is 42.0 Å². The summed E-state index contributed by atoms with van der Waals surface area (Å²) in [6.07, 6.45) is 4.94. The highest BCUT2D eigenvalue weighted by Crippen LogP contribution is 2.21. The lowest BCUT2D eigenvalue weighted by Crippen LogP contribution is -2.10. The van der Waals surface area contributed by atoms with E-state index in [1.165, 1.54) is 0 Å². The molecule has 18 heavy (non-hydrogen) atoms. The number of benzene rings is 1. The highest BCUT2D eigenvalue weighted by Gasteiger charge is 2.02. The molecule has 0 aliphatic rings. The van der Waals surface area contributed by atoms with Crippen molar-refractivity contribution in [2.24, 2.45) is 0 Å². The Bertz CT molecular complexity index is 523. The molecule has 3 nitrogen and oxygen atoms in total. The van der Waals surface area contributed by atoms with Gasteiger partial charge in [-0.1, -0.05) is 19.1 Å². The molecule has 0 radical (unpaired) electrons. The summed E-state index contributed by atoms with van der Waals surface area (Å²) in [5.74, 6) is 0.0596. The van der Waals surface area contributed by atoms with Crippen LogP contribution >= 0.6 is 0 Å². The van der Waals surface area contributed by atoms with Crippen molar-refractivity contribution in [3.63, 3.8) is 0 Å². The second-order valence-corrected chi connectivity index (χ2v) is 4.11. The molecule has 0 saturated heterocycles. The number of amides is 1. The number of nitrogens with one attached hydrogen (secondary N) is 1. The Kier molecular flexibility index (Phi) is 4.07. The van der Waals surface area contributed by atoms with E-state index in [1.807, 2.05) is 43.3 Å². The molecule has 1 amide bonds. The third-order valence-corrected chi connectivity index (χ3v) is 2.64. The zero-order valence-electron chi connectivity index (χ0n) is 10.4. The van der Waals surface area contributed by atoms with E-state index < -0.39 is 0 Å². The van der Waals surface area contributed by atoms with Gasteiger partial charge in [0.15, 0.2) is 0 Å². The van der Waals surface area contributed by atoms with Gasteiger partial charge in [-0.2, -0.15) is 0 Å². The lowest BCUT2D eigenvalue weighted by Gasteiger charge is -2.07. The second kappa shape index (κ2) is 5.96. The first kappa shape index (κ1) is 12.3. The van der Waals surface area contributed by atoms with Crippen LogP contribution in [0.25, 0.3) is 11.1 Å². The molecule has 3 heteroatoms. The highest BCUT2D eigenvalue weighted by molar-refractivity contribution is 5.91. The van der Waals surface area contributed by atoms with E-state index in [0.717, 1.165) is 23.2 Å². The quantitative estimate of drug-likeness (QED) is 0.888. The Morgan fingerprint density at radius 1 is 1.17 bits per heavy atom.